The van der Waals surface area contributed by atoms with Crippen LogP contribution in [0.1, 0.15) is 17.1 Å². The minimum atomic E-state index is -3.88. The third-order valence-electron chi connectivity index (χ3n) is 2.87. The van der Waals surface area contributed by atoms with Gasteiger partial charge in [0.15, 0.2) is 0 Å². The van der Waals surface area contributed by atoms with Crippen LogP contribution in [0, 0.1) is 13.8 Å². The molecule has 20 heavy (non-hydrogen) atoms. The summed E-state index contributed by atoms with van der Waals surface area (Å²) in [5.41, 5.74) is 0.526. The van der Waals surface area contributed by atoms with Crippen molar-refractivity contribution in [3.8, 4) is 0 Å². The first-order valence-corrected chi connectivity index (χ1v) is 7.70. The van der Waals surface area contributed by atoms with Crippen LogP contribution < -0.4 is 4.72 Å². The summed E-state index contributed by atoms with van der Waals surface area (Å²) in [6.07, 6.45) is 0. The topological polar surface area (TPSA) is 79.5 Å². The number of halogens is 1. The summed E-state index contributed by atoms with van der Waals surface area (Å²) >= 11 is 5.94. The summed E-state index contributed by atoms with van der Waals surface area (Å²) in [5, 5.41) is 9.61. The largest absolute Gasteiger partial charge is 0.465 e. The maximum atomic E-state index is 12.4. The van der Waals surface area contributed by atoms with Crippen LogP contribution in [0.3, 0.4) is 0 Å². The van der Waals surface area contributed by atoms with Crippen molar-refractivity contribution in [1.82, 2.24) is 0 Å². The molecule has 7 heteroatoms. The first-order valence-electron chi connectivity index (χ1n) is 5.84. The number of aryl methyl sites for hydroxylation is 2. The highest BCUT2D eigenvalue weighted by molar-refractivity contribution is 7.92. The highest BCUT2D eigenvalue weighted by atomic mass is 35.5. The van der Waals surface area contributed by atoms with Crippen molar-refractivity contribution in [1.29, 1.82) is 0 Å². The number of hydrogen-bond donors (Lipinski definition) is 2. The van der Waals surface area contributed by atoms with Crippen molar-refractivity contribution >= 4 is 27.3 Å². The van der Waals surface area contributed by atoms with E-state index in [0.29, 0.717) is 10.8 Å². The van der Waals surface area contributed by atoms with E-state index < -0.39 is 16.6 Å². The number of hydrogen-bond acceptors (Lipinski definition) is 4. The summed E-state index contributed by atoms with van der Waals surface area (Å²) in [7, 11) is -3.88. The minimum absolute atomic E-state index is 0.0441. The number of furan rings is 1. The van der Waals surface area contributed by atoms with Crippen LogP contribution in [0.2, 0.25) is 5.02 Å². The highest BCUT2D eigenvalue weighted by Gasteiger charge is 2.27. The fourth-order valence-electron chi connectivity index (χ4n) is 1.98. The Labute approximate surface area is 122 Å². The summed E-state index contributed by atoms with van der Waals surface area (Å²) in [6, 6.07) is 6.51. The first-order chi connectivity index (χ1) is 9.36. The van der Waals surface area contributed by atoms with E-state index in [1.807, 2.05) is 0 Å². The first kappa shape index (κ1) is 14.9. The number of aliphatic hydroxyl groups is 1. The molecule has 1 aromatic carbocycles. The minimum Gasteiger partial charge on any atom is -0.465 e. The Balaban J connectivity index is 2.49. The van der Waals surface area contributed by atoms with E-state index in [9.17, 15) is 13.5 Å². The van der Waals surface area contributed by atoms with Crippen LogP contribution in [0.4, 0.5) is 5.69 Å². The van der Waals surface area contributed by atoms with E-state index in [1.54, 1.807) is 31.2 Å². The number of sulfonamides is 1. The molecule has 0 radical (unpaired) electrons. The van der Waals surface area contributed by atoms with E-state index in [2.05, 4.69) is 4.72 Å². The van der Waals surface area contributed by atoms with Gasteiger partial charge in [0.05, 0.1) is 17.3 Å². The molecule has 0 amide bonds. The fraction of sp³-hybridized carbons (Fsp3) is 0.231. The molecule has 0 aliphatic heterocycles. The van der Waals surface area contributed by atoms with Gasteiger partial charge in [-0.2, -0.15) is 0 Å². The Hall–Kier alpha value is -1.50. The molecule has 0 aliphatic rings. The lowest BCUT2D eigenvalue weighted by Gasteiger charge is -2.10. The van der Waals surface area contributed by atoms with Gasteiger partial charge in [-0.25, -0.2) is 8.42 Å². The monoisotopic (exact) mass is 315 g/mol. The standard InChI is InChI=1S/C13H14ClNO4S/c1-8-10(7-16)13(9(2)19-8)20(17,18)15-12-6-4-3-5-11(12)14/h3-6,15-16H,7H2,1-2H3. The molecule has 0 unspecified atom stereocenters. The second-order valence-electron chi connectivity index (χ2n) is 4.27. The van der Waals surface area contributed by atoms with Gasteiger partial charge >= 0.3 is 0 Å². The van der Waals surface area contributed by atoms with Crippen molar-refractivity contribution in [2.24, 2.45) is 0 Å². The van der Waals surface area contributed by atoms with Crippen LogP contribution >= 0.6 is 11.6 Å². The molecule has 108 valence electrons. The summed E-state index contributed by atoms with van der Waals surface area (Å²) in [6.45, 7) is 2.72. The molecule has 5 nitrogen and oxygen atoms in total. The lowest BCUT2D eigenvalue weighted by Crippen LogP contribution is -2.15. The van der Waals surface area contributed by atoms with Crippen molar-refractivity contribution in [2.45, 2.75) is 25.3 Å². The quantitative estimate of drug-likeness (QED) is 0.909. The second kappa shape index (κ2) is 5.47. The molecular weight excluding hydrogens is 302 g/mol. The molecule has 0 aliphatic carbocycles. The van der Waals surface area contributed by atoms with Gasteiger partial charge in [-0.3, -0.25) is 4.72 Å². The number of benzene rings is 1. The van der Waals surface area contributed by atoms with Crippen LogP contribution in [0.5, 0.6) is 0 Å². The maximum Gasteiger partial charge on any atom is 0.265 e. The van der Waals surface area contributed by atoms with Crippen LogP contribution in [-0.4, -0.2) is 13.5 Å². The number of para-hydroxylation sites is 1. The predicted octanol–water partition coefficient (Wildman–Crippen LogP) is 2.84. The van der Waals surface area contributed by atoms with Gasteiger partial charge in [0.1, 0.15) is 16.4 Å². The van der Waals surface area contributed by atoms with E-state index in [-0.39, 0.29) is 21.9 Å². The Morgan fingerprint density at radius 2 is 1.90 bits per heavy atom. The molecule has 0 atom stereocenters. The molecule has 2 rings (SSSR count). The van der Waals surface area contributed by atoms with Crippen molar-refractivity contribution in [2.75, 3.05) is 4.72 Å². The van der Waals surface area contributed by atoms with E-state index in [4.69, 9.17) is 16.0 Å². The summed E-state index contributed by atoms with van der Waals surface area (Å²) in [4.78, 5) is -0.0441. The SMILES string of the molecule is Cc1oc(C)c(S(=O)(=O)Nc2ccccc2Cl)c1CO. The zero-order valence-electron chi connectivity index (χ0n) is 11.0. The van der Waals surface area contributed by atoms with Gasteiger partial charge in [0.25, 0.3) is 10.0 Å². The maximum absolute atomic E-state index is 12.4. The molecule has 2 aromatic rings. The van der Waals surface area contributed by atoms with Gasteiger partial charge in [-0.05, 0) is 26.0 Å². The van der Waals surface area contributed by atoms with Gasteiger partial charge in [0, 0.05) is 5.56 Å². The van der Waals surface area contributed by atoms with Gasteiger partial charge < -0.3 is 9.52 Å². The van der Waals surface area contributed by atoms with E-state index in [1.165, 1.54) is 6.92 Å². The number of rotatable bonds is 4. The zero-order chi connectivity index (χ0) is 14.9. The van der Waals surface area contributed by atoms with E-state index in [0.717, 1.165) is 0 Å². The second-order valence-corrected chi connectivity index (χ2v) is 6.29. The van der Waals surface area contributed by atoms with Crippen LogP contribution in [0.15, 0.2) is 33.6 Å². The average molecular weight is 316 g/mol. The van der Waals surface area contributed by atoms with Gasteiger partial charge in [0.2, 0.25) is 0 Å². The van der Waals surface area contributed by atoms with Gasteiger partial charge in [-0.1, -0.05) is 23.7 Å². The Kier molecular flexibility index (Phi) is 4.08. The van der Waals surface area contributed by atoms with Crippen molar-refractivity contribution in [3.05, 3.63) is 46.4 Å². The Morgan fingerprint density at radius 1 is 1.25 bits per heavy atom. The number of aliphatic hydroxyl groups excluding tert-OH is 1. The molecule has 1 aromatic heterocycles. The summed E-state index contributed by atoms with van der Waals surface area (Å²) in [5.74, 6) is 0.607. The Bertz CT molecular complexity index is 737. The Morgan fingerprint density at radius 3 is 2.50 bits per heavy atom. The third-order valence-corrected chi connectivity index (χ3v) is 4.76. The molecule has 0 saturated heterocycles. The fourth-order valence-corrected chi connectivity index (χ4v) is 3.75. The smallest absolute Gasteiger partial charge is 0.265 e. The molecule has 0 spiro atoms. The lowest BCUT2D eigenvalue weighted by molar-refractivity contribution is 0.276. The molecule has 1 heterocycles. The number of nitrogens with one attached hydrogen (secondary N) is 1. The van der Waals surface area contributed by atoms with Crippen LogP contribution in [0.25, 0.3) is 0 Å². The van der Waals surface area contributed by atoms with E-state index >= 15 is 0 Å². The summed E-state index contributed by atoms with van der Waals surface area (Å²) < 4.78 is 32.5. The molecule has 0 fully saturated rings. The average Bonchev–Trinajstić information content (AvgIpc) is 2.67. The van der Waals surface area contributed by atoms with Gasteiger partial charge in [-0.15, -0.1) is 0 Å². The zero-order valence-corrected chi connectivity index (χ0v) is 12.5. The van der Waals surface area contributed by atoms with Crippen molar-refractivity contribution < 1.29 is 17.9 Å². The normalized spacial score (nSPS) is 11.6. The predicted molar refractivity (Wildman–Crippen MR) is 76.4 cm³/mol. The lowest BCUT2D eigenvalue weighted by atomic mass is 10.2. The van der Waals surface area contributed by atoms with Crippen LogP contribution in [-0.2, 0) is 16.6 Å². The molecular formula is C13H14ClNO4S. The molecule has 0 bridgehead atoms. The number of anilines is 1. The highest BCUT2D eigenvalue weighted by Crippen LogP contribution is 2.30. The third kappa shape index (κ3) is 2.67. The molecule has 0 saturated carbocycles. The van der Waals surface area contributed by atoms with Crippen molar-refractivity contribution in [3.63, 3.8) is 0 Å². The molecule has 2 N–H and O–H groups in total.